The molecule has 0 fully saturated rings. The van der Waals surface area contributed by atoms with Crippen molar-refractivity contribution in [1.82, 2.24) is 4.57 Å². The molecule has 0 radical (unpaired) electrons. The number of fused-ring (bicyclic) bond motifs is 1. The number of halogens is 2. The molecular weight excluding hydrogens is 669 g/mol. The SMILES string of the molecule is CCOc1ccc(C2C(C(=O)Nc3ccccc3)=C(C)N=c3sc(=Cc4ccc(OCc5ccc(F)cc5)c(Br)c4)c(=O)n32)cc1. The molecular formula is C36H29BrFN3O4S. The van der Waals surface area contributed by atoms with Crippen molar-refractivity contribution < 1.29 is 18.7 Å². The number of nitrogens with zero attached hydrogens (tertiary/aromatic N) is 2. The Hall–Kier alpha value is -4.80. The van der Waals surface area contributed by atoms with Crippen LogP contribution in [0.1, 0.15) is 36.6 Å². The summed E-state index contributed by atoms with van der Waals surface area (Å²) in [6, 6.07) is 27.6. The molecule has 1 aromatic heterocycles. The minimum atomic E-state index is -0.702. The Bertz CT molecular complexity index is 2110. The molecule has 5 aromatic rings. The van der Waals surface area contributed by atoms with Crippen LogP contribution in [0.3, 0.4) is 0 Å². The molecule has 1 aliphatic rings. The number of ether oxygens (including phenoxy) is 2. The van der Waals surface area contributed by atoms with Crippen molar-refractivity contribution in [3.8, 4) is 11.5 Å². The predicted molar refractivity (Wildman–Crippen MR) is 181 cm³/mol. The number of aromatic nitrogens is 1. The first-order valence-corrected chi connectivity index (χ1v) is 16.2. The van der Waals surface area contributed by atoms with Gasteiger partial charge in [-0.05, 0) is 101 Å². The van der Waals surface area contributed by atoms with Crippen LogP contribution in [-0.4, -0.2) is 17.1 Å². The summed E-state index contributed by atoms with van der Waals surface area (Å²) in [4.78, 5) is 33.1. The molecule has 10 heteroatoms. The van der Waals surface area contributed by atoms with Gasteiger partial charge in [0.05, 0.1) is 32.9 Å². The summed E-state index contributed by atoms with van der Waals surface area (Å²) in [5.41, 5.74) is 3.69. The molecule has 232 valence electrons. The number of para-hydroxylation sites is 1. The predicted octanol–water partition coefficient (Wildman–Crippen LogP) is 6.75. The third-order valence-corrected chi connectivity index (χ3v) is 8.97. The number of thiazole rings is 1. The molecule has 6 rings (SSSR count). The van der Waals surface area contributed by atoms with Crippen molar-refractivity contribution in [2.45, 2.75) is 26.5 Å². The summed E-state index contributed by atoms with van der Waals surface area (Å²) in [7, 11) is 0. The van der Waals surface area contributed by atoms with Crippen LogP contribution in [-0.2, 0) is 11.4 Å². The third-order valence-electron chi connectivity index (χ3n) is 7.37. The van der Waals surface area contributed by atoms with Gasteiger partial charge in [0.25, 0.3) is 11.5 Å². The number of anilines is 1. The van der Waals surface area contributed by atoms with E-state index >= 15 is 0 Å². The van der Waals surface area contributed by atoms with Gasteiger partial charge in [0.15, 0.2) is 4.80 Å². The Kier molecular flexibility index (Phi) is 9.28. The molecule has 1 atom stereocenters. The van der Waals surface area contributed by atoms with Crippen molar-refractivity contribution in [2.24, 2.45) is 4.99 Å². The van der Waals surface area contributed by atoms with Crippen LogP contribution in [0, 0.1) is 5.82 Å². The molecule has 1 N–H and O–H groups in total. The maximum Gasteiger partial charge on any atom is 0.271 e. The van der Waals surface area contributed by atoms with E-state index < -0.39 is 6.04 Å². The van der Waals surface area contributed by atoms with Crippen molar-refractivity contribution >= 4 is 44.9 Å². The average molecular weight is 699 g/mol. The largest absolute Gasteiger partial charge is 0.494 e. The lowest BCUT2D eigenvalue weighted by molar-refractivity contribution is -0.113. The van der Waals surface area contributed by atoms with E-state index in [-0.39, 0.29) is 23.9 Å². The molecule has 0 saturated carbocycles. The molecule has 7 nitrogen and oxygen atoms in total. The summed E-state index contributed by atoms with van der Waals surface area (Å²) in [6.07, 6.45) is 1.80. The zero-order chi connectivity index (χ0) is 32.2. The van der Waals surface area contributed by atoms with Crippen LogP contribution in [0.2, 0.25) is 0 Å². The molecule has 0 saturated heterocycles. The topological polar surface area (TPSA) is 81.9 Å². The highest BCUT2D eigenvalue weighted by molar-refractivity contribution is 9.10. The number of hydrogen-bond donors (Lipinski definition) is 1. The number of carbonyl (C=O) groups excluding carboxylic acids is 1. The number of carbonyl (C=O) groups is 1. The Morgan fingerprint density at radius 3 is 2.46 bits per heavy atom. The van der Waals surface area contributed by atoms with Gasteiger partial charge in [-0.2, -0.15) is 0 Å². The van der Waals surface area contributed by atoms with Gasteiger partial charge < -0.3 is 14.8 Å². The fourth-order valence-electron chi connectivity index (χ4n) is 5.18. The average Bonchev–Trinajstić information content (AvgIpc) is 3.35. The lowest BCUT2D eigenvalue weighted by Gasteiger charge is -2.25. The third kappa shape index (κ3) is 6.73. The molecule has 1 amide bonds. The Balaban J connectivity index is 1.36. The fourth-order valence-corrected chi connectivity index (χ4v) is 6.73. The van der Waals surface area contributed by atoms with Crippen molar-refractivity contribution in [1.29, 1.82) is 0 Å². The first kappa shape index (κ1) is 31.2. The fraction of sp³-hybridized carbons (Fsp3) is 0.139. The lowest BCUT2D eigenvalue weighted by Crippen LogP contribution is -2.40. The molecule has 46 heavy (non-hydrogen) atoms. The Morgan fingerprint density at radius 2 is 1.76 bits per heavy atom. The standard InChI is InChI=1S/C36H29BrFN3O4S/c1-3-44-28-16-12-25(13-17-28)33-32(34(42)40-27-7-5-4-6-8-27)22(2)39-36-41(33)35(43)31(46-36)20-24-11-18-30(29(37)19-24)45-21-23-9-14-26(38)15-10-23/h4-20,33H,3,21H2,1-2H3,(H,40,42). The van der Waals surface area contributed by atoms with E-state index in [9.17, 15) is 14.0 Å². The molecule has 0 aliphatic carbocycles. The van der Waals surface area contributed by atoms with Crippen LogP contribution in [0.25, 0.3) is 6.08 Å². The van der Waals surface area contributed by atoms with Gasteiger partial charge in [-0.25, -0.2) is 9.38 Å². The van der Waals surface area contributed by atoms with Crippen molar-refractivity contribution in [3.05, 3.63) is 155 Å². The van der Waals surface area contributed by atoms with E-state index in [0.29, 0.717) is 48.9 Å². The lowest BCUT2D eigenvalue weighted by atomic mass is 9.95. The number of amides is 1. The van der Waals surface area contributed by atoms with Crippen LogP contribution in [0.5, 0.6) is 11.5 Å². The van der Waals surface area contributed by atoms with E-state index in [1.807, 2.05) is 79.7 Å². The highest BCUT2D eigenvalue weighted by Crippen LogP contribution is 2.32. The second kappa shape index (κ2) is 13.7. The normalized spacial score (nSPS) is 14.4. The van der Waals surface area contributed by atoms with E-state index in [1.54, 1.807) is 29.7 Å². The van der Waals surface area contributed by atoms with Gasteiger partial charge in [0.2, 0.25) is 0 Å². The molecule has 4 aromatic carbocycles. The number of hydrogen-bond acceptors (Lipinski definition) is 6. The maximum absolute atomic E-state index is 14.1. The van der Waals surface area contributed by atoms with Gasteiger partial charge in [0.1, 0.15) is 23.9 Å². The molecule has 2 heterocycles. The van der Waals surface area contributed by atoms with E-state index in [2.05, 4.69) is 21.2 Å². The van der Waals surface area contributed by atoms with Gasteiger partial charge >= 0.3 is 0 Å². The summed E-state index contributed by atoms with van der Waals surface area (Å²) in [5.74, 6) is 0.682. The van der Waals surface area contributed by atoms with Gasteiger partial charge in [-0.3, -0.25) is 14.2 Å². The van der Waals surface area contributed by atoms with E-state index in [0.717, 1.165) is 16.7 Å². The Labute approximate surface area is 277 Å². The second-order valence-corrected chi connectivity index (χ2v) is 12.4. The van der Waals surface area contributed by atoms with E-state index in [4.69, 9.17) is 14.5 Å². The highest BCUT2D eigenvalue weighted by atomic mass is 79.9. The first-order valence-electron chi connectivity index (χ1n) is 14.6. The van der Waals surface area contributed by atoms with Crippen LogP contribution in [0.4, 0.5) is 10.1 Å². The minimum Gasteiger partial charge on any atom is -0.494 e. The van der Waals surface area contributed by atoms with Crippen LogP contribution < -0.4 is 29.7 Å². The number of allylic oxidation sites excluding steroid dienone is 1. The number of rotatable bonds is 9. The van der Waals surface area contributed by atoms with E-state index in [1.165, 1.54) is 23.5 Å². The van der Waals surface area contributed by atoms with Crippen molar-refractivity contribution in [3.63, 3.8) is 0 Å². The number of benzene rings is 4. The van der Waals surface area contributed by atoms with Gasteiger partial charge in [-0.1, -0.05) is 59.9 Å². The Morgan fingerprint density at radius 1 is 1.02 bits per heavy atom. The zero-order valence-electron chi connectivity index (χ0n) is 25.0. The molecule has 0 bridgehead atoms. The molecule has 1 unspecified atom stereocenters. The number of nitrogens with one attached hydrogen (secondary N) is 1. The summed E-state index contributed by atoms with van der Waals surface area (Å²) >= 11 is 4.84. The van der Waals surface area contributed by atoms with Crippen LogP contribution >= 0.6 is 27.3 Å². The summed E-state index contributed by atoms with van der Waals surface area (Å²) in [5, 5.41) is 2.97. The minimum absolute atomic E-state index is 0.257. The smallest absolute Gasteiger partial charge is 0.271 e. The quantitative estimate of drug-likeness (QED) is 0.185. The van der Waals surface area contributed by atoms with Gasteiger partial charge in [0, 0.05) is 5.69 Å². The summed E-state index contributed by atoms with van der Waals surface area (Å²) in [6.45, 7) is 4.51. The van der Waals surface area contributed by atoms with Crippen molar-refractivity contribution in [2.75, 3.05) is 11.9 Å². The highest BCUT2D eigenvalue weighted by Gasteiger charge is 2.32. The molecule has 0 spiro atoms. The van der Waals surface area contributed by atoms with Crippen LogP contribution in [0.15, 0.2) is 123 Å². The molecule has 1 aliphatic heterocycles. The second-order valence-electron chi connectivity index (χ2n) is 10.5. The zero-order valence-corrected chi connectivity index (χ0v) is 27.4. The maximum atomic E-state index is 14.1. The van der Waals surface area contributed by atoms with Gasteiger partial charge in [-0.15, -0.1) is 0 Å². The first-order chi connectivity index (χ1) is 22.3. The monoisotopic (exact) mass is 697 g/mol. The summed E-state index contributed by atoms with van der Waals surface area (Å²) < 4.78 is 27.6.